The lowest BCUT2D eigenvalue weighted by Crippen LogP contribution is -2.28. The predicted octanol–water partition coefficient (Wildman–Crippen LogP) is 4.54. The summed E-state index contributed by atoms with van der Waals surface area (Å²) in [6.45, 7) is 1.80. The molecule has 1 aliphatic rings. The minimum Gasteiger partial charge on any atom is -0.338 e. The minimum atomic E-state index is -4.43. The van der Waals surface area contributed by atoms with Crippen molar-refractivity contribution in [2.24, 2.45) is 0 Å². The molecule has 0 spiro atoms. The topological polar surface area (TPSA) is 85.3 Å². The van der Waals surface area contributed by atoms with Gasteiger partial charge in [-0.25, -0.2) is 4.98 Å². The number of aryl methyl sites for hydroxylation is 1. The smallest absolute Gasteiger partial charge is 0.338 e. The third-order valence-corrected chi connectivity index (χ3v) is 5.52. The van der Waals surface area contributed by atoms with Gasteiger partial charge in [0, 0.05) is 17.4 Å². The molecule has 7 nitrogen and oxygen atoms in total. The Balaban J connectivity index is 1.43. The van der Waals surface area contributed by atoms with Crippen molar-refractivity contribution in [2.45, 2.75) is 31.4 Å². The van der Waals surface area contributed by atoms with Gasteiger partial charge in [0.05, 0.1) is 6.20 Å². The third kappa shape index (κ3) is 3.15. The van der Waals surface area contributed by atoms with Crippen LogP contribution >= 0.6 is 0 Å². The van der Waals surface area contributed by atoms with Crippen molar-refractivity contribution in [3.63, 3.8) is 0 Å². The Morgan fingerprint density at radius 1 is 1.23 bits per heavy atom. The van der Waals surface area contributed by atoms with Crippen LogP contribution in [0.25, 0.3) is 17.0 Å². The number of hydrogen-bond acceptors (Lipinski definition) is 5. The van der Waals surface area contributed by atoms with Crippen LogP contribution in [-0.2, 0) is 5.41 Å². The number of amides is 1. The van der Waals surface area contributed by atoms with Crippen LogP contribution in [0.1, 0.15) is 34.8 Å². The number of carbonyl (C=O) groups excluding carboxylic acids is 1. The number of rotatable bonds is 4. The van der Waals surface area contributed by atoms with Gasteiger partial charge in [0.25, 0.3) is 5.91 Å². The molecule has 0 atom stereocenters. The van der Waals surface area contributed by atoms with Gasteiger partial charge in [0.2, 0.25) is 11.7 Å². The molecule has 0 radical (unpaired) electrons. The number of pyridine rings is 1. The van der Waals surface area contributed by atoms with Gasteiger partial charge in [-0.2, -0.15) is 18.2 Å². The SMILES string of the molecule is Cc1ccc(-c2noc(C3(C(F)(F)F)CC3)n2)cc1NC(=O)c1cnc2ccccn12. The fraction of sp³-hybridized carbons (Fsp3) is 0.238. The minimum absolute atomic E-state index is 0.0378. The molecule has 1 saturated carbocycles. The lowest BCUT2D eigenvalue weighted by atomic mass is 10.1. The van der Waals surface area contributed by atoms with Gasteiger partial charge < -0.3 is 9.84 Å². The Morgan fingerprint density at radius 3 is 2.77 bits per heavy atom. The van der Waals surface area contributed by atoms with Gasteiger partial charge in [-0.1, -0.05) is 23.4 Å². The first-order valence-corrected chi connectivity index (χ1v) is 9.54. The molecule has 158 valence electrons. The number of nitrogens with zero attached hydrogens (tertiary/aromatic N) is 4. The fourth-order valence-corrected chi connectivity index (χ4v) is 3.46. The van der Waals surface area contributed by atoms with Crippen molar-refractivity contribution >= 4 is 17.2 Å². The van der Waals surface area contributed by atoms with Crippen molar-refractivity contribution in [1.82, 2.24) is 19.5 Å². The summed E-state index contributed by atoms with van der Waals surface area (Å²) in [4.78, 5) is 21.0. The van der Waals surface area contributed by atoms with Crippen LogP contribution in [0, 0.1) is 6.92 Å². The Hall–Kier alpha value is -3.69. The number of imidazole rings is 1. The van der Waals surface area contributed by atoms with Crippen molar-refractivity contribution in [1.29, 1.82) is 0 Å². The molecular formula is C21H16F3N5O2. The van der Waals surface area contributed by atoms with Gasteiger partial charge in [0.1, 0.15) is 16.8 Å². The summed E-state index contributed by atoms with van der Waals surface area (Å²) < 4.78 is 46.6. The molecule has 10 heteroatoms. The maximum absolute atomic E-state index is 13.3. The Labute approximate surface area is 173 Å². The van der Waals surface area contributed by atoms with Gasteiger partial charge in [-0.05, 0) is 43.5 Å². The monoisotopic (exact) mass is 427 g/mol. The Morgan fingerprint density at radius 2 is 2.03 bits per heavy atom. The van der Waals surface area contributed by atoms with Gasteiger partial charge in [0.15, 0.2) is 0 Å². The number of alkyl halides is 3. The van der Waals surface area contributed by atoms with E-state index < -0.39 is 17.5 Å². The molecule has 4 aromatic rings. The summed E-state index contributed by atoms with van der Waals surface area (Å²) in [5.74, 6) is -0.760. The first-order chi connectivity index (χ1) is 14.8. The average molecular weight is 427 g/mol. The van der Waals surface area contributed by atoms with Crippen molar-refractivity contribution in [3.05, 3.63) is 65.9 Å². The fourth-order valence-electron chi connectivity index (χ4n) is 3.46. The number of anilines is 1. The summed E-state index contributed by atoms with van der Waals surface area (Å²) in [5, 5.41) is 6.56. The maximum Gasteiger partial charge on any atom is 0.403 e. The summed E-state index contributed by atoms with van der Waals surface area (Å²) in [5.41, 5.74) is 0.634. The number of benzene rings is 1. The van der Waals surface area contributed by atoms with Crippen molar-refractivity contribution in [2.75, 3.05) is 5.32 Å². The van der Waals surface area contributed by atoms with E-state index in [-0.39, 0.29) is 24.6 Å². The molecule has 0 aliphatic heterocycles. The molecule has 1 N–H and O–H groups in total. The molecular weight excluding hydrogens is 411 g/mol. The predicted molar refractivity (Wildman–Crippen MR) is 105 cm³/mol. The zero-order valence-corrected chi connectivity index (χ0v) is 16.3. The normalized spacial score (nSPS) is 15.2. The molecule has 5 rings (SSSR count). The quantitative estimate of drug-likeness (QED) is 0.517. The Kier molecular flexibility index (Phi) is 4.14. The van der Waals surface area contributed by atoms with E-state index in [0.29, 0.717) is 22.6 Å². The summed E-state index contributed by atoms with van der Waals surface area (Å²) >= 11 is 0. The van der Waals surface area contributed by atoms with Gasteiger partial charge >= 0.3 is 6.18 Å². The first-order valence-electron chi connectivity index (χ1n) is 9.54. The van der Waals surface area contributed by atoms with E-state index in [1.54, 1.807) is 47.9 Å². The van der Waals surface area contributed by atoms with Gasteiger partial charge in [-0.15, -0.1) is 0 Å². The zero-order chi connectivity index (χ0) is 21.8. The van der Waals surface area contributed by atoms with E-state index in [1.165, 1.54) is 6.20 Å². The number of fused-ring (bicyclic) bond motifs is 1. The van der Waals surface area contributed by atoms with Crippen LogP contribution < -0.4 is 5.32 Å². The molecule has 0 saturated heterocycles. The molecule has 31 heavy (non-hydrogen) atoms. The third-order valence-electron chi connectivity index (χ3n) is 5.52. The first kappa shape index (κ1) is 19.3. The number of hydrogen-bond donors (Lipinski definition) is 1. The number of nitrogens with one attached hydrogen (secondary N) is 1. The summed E-state index contributed by atoms with van der Waals surface area (Å²) in [6.07, 6.45) is -1.35. The van der Waals surface area contributed by atoms with Crippen LogP contribution in [0.3, 0.4) is 0 Å². The molecule has 1 aromatic carbocycles. The lowest BCUT2D eigenvalue weighted by molar-refractivity contribution is -0.166. The molecule has 3 heterocycles. The van der Waals surface area contributed by atoms with Crippen LogP contribution in [0.4, 0.5) is 18.9 Å². The van der Waals surface area contributed by atoms with E-state index in [4.69, 9.17) is 4.52 Å². The van der Waals surface area contributed by atoms with E-state index >= 15 is 0 Å². The van der Waals surface area contributed by atoms with Crippen LogP contribution in [0.15, 0.2) is 53.3 Å². The second-order valence-corrected chi connectivity index (χ2v) is 7.56. The number of carbonyl (C=O) groups is 1. The molecule has 1 fully saturated rings. The second kappa shape index (κ2) is 6.66. The van der Waals surface area contributed by atoms with Crippen LogP contribution in [0.5, 0.6) is 0 Å². The highest BCUT2D eigenvalue weighted by molar-refractivity contribution is 6.04. The molecule has 1 amide bonds. The molecule has 1 aliphatic carbocycles. The highest BCUT2D eigenvalue weighted by atomic mass is 19.4. The van der Waals surface area contributed by atoms with E-state index in [0.717, 1.165) is 5.56 Å². The van der Waals surface area contributed by atoms with Crippen LogP contribution in [0.2, 0.25) is 0 Å². The highest BCUT2D eigenvalue weighted by Crippen LogP contribution is 2.58. The largest absolute Gasteiger partial charge is 0.403 e. The Bertz CT molecular complexity index is 1300. The van der Waals surface area contributed by atoms with E-state index in [9.17, 15) is 18.0 Å². The molecule has 0 unspecified atom stereocenters. The van der Waals surface area contributed by atoms with Crippen molar-refractivity contribution in [3.8, 4) is 11.4 Å². The lowest BCUT2D eigenvalue weighted by Gasteiger charge is -2.13. The van der Waals surface area contributed by atoms with E-state index in [1.807, 2.05) is 6.07 Å². The highest BCUT2D eigenvalue weighted by Gasteiger charge is 2.68. The van der Waals surface area contributed by atoms with Crippen molar-refractivity contribution < 1.29 is 22.5 Å². The number of halogens is 3. The van der Waals surface area contributed by atoms with Gasteiger partial charge in [-0.3, -0.25) is 9.20 Å². The zero-order valence-electron chi connectivity index (χ0n) is 16.3. The summed E-state index contributed by atoms with van der Waals surface area (Å²) in [6, 6.07) is 10.4. The number of aromatic nitrogens is 4. The molecule has 3 aromatic heterocycles. The average Bonchev–Trinajstić information content (AvgIpc) is 3.23. The standard InChI is InChI=1S/C21H16F3N5O2/c1-12-5-6-13(17-27-19(31-28-17)20(7-8-20)21(22,23)24)10-14(12)26-18(30)15-11-25-16-4-2-3-9-29(15)16/h2-6,9-11H,7-8H2,1H3,(H,26,30). The summed E-state index contributed by atoms with van der Waals surface area (Å²) in [7, 11) is 0. The molecule has 0 bridgehead atoms. The maximum atomic E-state index is 13.3. The van der Waals surface area contributed by atoms with E-state index in [2.05, 4.69) is 20.4 Å². The van der Waals surface area contributed by atoms with Crippen LogP contribution in [-0.4, -0.2) is 31.6 Å². The second-order valence-electron chi connectivity index (χ2n) is 7.56.